The van der Waals surface area contributed by atoms with Crippen LogP contribution in [0.3, 0.4) is 0 Å². The van der Waals surface area contributed by atoms with Crippen LogP contribution < -0.4 is 0 Å². The van der Waals surface area contributed by atoms with Crippen molar-refractivity contribution < 1.29 is 0 Å². The summed E-state index contributed by atoms with van der Waals surface area (Å²) in [5.41, 5.74) is 0. The van der Waals surface area contributed by atoms with E-state index in [9.17, 15) is 0 Å². The van der Waals surface area contributed by atoms with Gasteiger partial charge in [-0.25, -0.2) is 0 Å². The minimum atomic E-state index is -1.01. The first-order valence-electron chi connectivity index (χ1n) is 2.97. The normalized spacial score (nSPS) is 13.6. The van der Waals surface area contributed by atoms with E-state index < -0.39 is 8.07 Å². The van der Waals surface area contributed by atoms with Crippen molar-refractivity contribution in [2.75, 3.05) is 0 Å². The molecule has 0 unspecified atom stereocenters. The van der Waals surface area contributed by atoms with E-state index in [4.69, 9.17) is 0 Å². The molecule has 0 aromatic carbocycles. The molecule has 0 heterocycles. The molecule has 0 rings (SSSR count). The monoisotopic (exact) mass is 252 g/mol. The lowest BCUT2D eigenvalue weighted by molar-refractivity contribution is 1.75. The highest BCUT2D eigenvalue weighted by Crippen LogP contribution is 2.20. The molecule has 52 valence electrons. The molecule has 0 saturated heterocycles. The molecule has 0 amide bonds. The summed E-state index contributed by atoms with van der Waals surface area (Å²) in [7, 11) is -1.01. The average Bonchev–Trinajstić information content (AvgIpc) is 1.64. The molecule has 0 atom stereocenters. The number of hydrogen-bond acceptors (Lipinski definition) is 0. The van der Waals surface area contributed by atoms with Gasteiger partial charge in [0.15, 0.2) is 0 Å². The minimum Gasteiger partial charge on any atom is -0.0991 e. The minimum absolute atomic E-state index is 1.01. The molecular weight excluding hydrogens is 239 g/mol. The average molecular weight is 252 g/mol. The summed E-state index contributed by atoms with van der Waals surface area (Å²) in [4.78, 5) is 0. The summed E-state index contributed by atoms with van der Waals surface area (Å²) in [6.07, 6.45) is 3.97. The van der Waals surface area contributed by atoms with Crippen molar-refractivity contribution >= 4 is 30.7 Å². The Hall–Kier alpha value is 0.427. The zero-order chi connectivity index (χ0) is 7.49. The number of rotatable bonds is 2. The van der Waals surface area contributed by atoms with Gasteiger partial charge in [0, 0.05) is 0 Å². The Labute approximate surface area is 72.2 Å². The second-order valence-corrected chi connectivity index (χ2v) is 10.2. The molecule has 0 bridgehead atoms. The van der Waals surface area contributed by atoms with Gasteiger partial charge in [0.1, 0.15) is 0 Å². The quantitative estimate of drug-likeness (QED) is 0.401. The van der Waals surface area contributed by atoms with Gasteiger partial charge in [0.25, 0.3) is 0 Å². The molecule has 0 aliphatic rings. The molecule has 0 aliphatic carbocycles. The largest absolute Gasteiger partial charge is 0.0991 e. The third-order valence-electron chi connectivity index (χ3n) is 0.981. The predicted molar refractivity (Wildman–Crippen MR) is 55.6 cm³/mol. The lowest BCUT2D eigenvalue weighted by Crippen LogP contribution is -2.19. The van der Waals surface area contributed by atoms with Gasteiger partial charge in [-0.1, -0.05) is 61.0 Å². The Bertz CT molecular complexity index is 130. The fourth-order valence-electron chi connectivity index (χ4n) is 0.353. The first kappa shape index (κ1) is 9.43. The summed E-state index contributed by atoms with van der Waals surface area (Å²) >= 11 is 2.40. The summed E-state index contributed by atoms with van der Waals surface area (Å²) in [6, 6.07) is 0. The van der Waals surface area contributed by atoms with Crippen LogP contribution in [0.4, 0.5) is 0 Å². The lowest BCUT2D eigenvalue weighted by Gasteiger charge is -2.13. The molecule has 9 heavy (non-hydrogen) atoms. The molecule has 0 aliphatic heterocycles. The predicted octanol–water partition coefficient (Wildman–Crippen LogP) is 3.37. The molecule has 0 N–H and O–H groups in total. The molecule has 0 aromatic heterocycles. The van der Waals surface area contributed by atoms with E-state index >= 15 is 0 Å². The Morgan fingerprint density at radius 1 is 1.44 bits per heavy atom. The number of halogens is 1. The van der Waals surface area contributed by atoms with Crippen LogP contribution in [0, 0.1) is 0 Å². The Morgan fingerprint density at radius 3 is 2.00 bits per heavy atom. The maximum atomic E-state index is 3.66. The maximum absolute atomic E-state index is 3.66. The molecule has 0 fully saturated rings. The highest BCUT2D eigenvalue weighted by atomic mass is 127. The van der Waals surface area contributed by atoms with Crippen molar-refractivity contribution in [2.24, 2.45) is 0 Å². The topological polar surface area (TPSA) is 0 Å². The van der Waals surface area contributed by atoms with Crippen molar-refractivity contribution in [1.29, 1.82) is 0 Å². The van der Waals surface area contributed by atoms with E-state index in [-0.39, 0.29) is 0 Å². The summed E-state index contributed by atoms with van der Waals surface area (Å²) in [6.45, 7) is 10.6. The summed E-state index contributed by atoms with van der Waals surface area (Å²) in [5.74, 6) is 0. The van der Waals surface area contributed by atoms with Gasteiger partial charge in [-0.05, 0) is 3.20 Å². The molecular formula is C7H13ISi. The van der Waals surface area contributed by atoms with Crippen LogP contribution in [0.1, 0.15) is 0 Å². The third-order valence-corrected chi connectivity index (χ3v) is 7.79. The standard InChI is InChI=1S/C7H13ISi/c1-5-6-7(8)9(2,3)4/h5-6H,1H2,2-4H3/b7-6+. The van der Waals surface area contributed by atoms with Gasteiger partial charge in [0.2, 0.25) is 0 Å². The summed E-state index contributed by atoms with van der Waals surface area (Å²) < 4.78 is 1.48. The van der Waals surface area contributed by atoms with Crippen molar-refractivity contribution in [3.05, 3.63) is 21.9 Å². The van der Waals surface area contributed by atoms with Crippen molar-refractivity contribution in [3.8, 4) is 0 Å². The van der Waals surface area contributed by atoms with Gasteiger partial charge >= 0.3 is 0 Å². The second kappa shape index (κ2) is 3.56. The van der Waals surface area contributed by atoms with Crippen LogP contribution >= 0.6 is 22.6 Å². The van der Waals surface area contributed by atoms with Crippen LogP contribution in [-0.2, 0) is 0 Å². The van der Waals surface area contributed by atoms with E-state index in [0.717, 1.165) is 0 Å². The SMILES string of the molecule is C=C/C=C(\I)[Si](C)(C)C. The first-order chi connectivity index (χ1) is 3.98. The van der Waals surface area contributed by atoms with E-state index in [2.05, 4.69) is 54.9 Å². The molecule has 0 aromatic rings. The van der Waals surface area contributed by atoms with Gasteiger partial charge in [-0.15, -0.1) is 0 Å². The van der Waals surface area contributed by atoms with Gasteiger partial charge < -0.3 is 0 Å². The number of allylic oxidation sites excluding steroid dienone is 2. The molecule has 0 saturated carbocycles. The first-order valence-corrected chi connectivity index (χ1v) is 7.55. The van der Waals surface area contributed by atoms with Crippen LogP contribution in [0.5, 0.6) is 0 Å². The highest BCUT2D eigenvalue weighted by molar-refractivity contribution is 14.1. The van der Waals surface area contributed by atoms with Crippen molar-refractivity contribution in [1.82, 2.24) is 0 Å². The Kier molecular flexibility index (Phi) is 3.73. The van der Waals surface area contributed by atoms with E-state index in [1.807, 2.05) is 6.08 Å². The van der Waals surface area contributed by atoms with E-state index in [1.165, 1.54) is 3.20 Å². The van der Waals surface area contributed by atoms with Crippen LogP contribution in [0.2, 0.25) is 19.6 Å². The molecule has 0 spiro atoms. The molecule has 0 nitrogen and oxygen atoms in total. The maximum Gasteiger partial charge on any atom is 0.0854 e. The smallest absolute Gasteiger partial charge is 0.0854 e. The summed E-state index contributed by atoms with van der Waals surface area (Å²) in [5, 5.41) is 0. The van der Waals surface area contributed by atoms with Crippen LogP contribution in [-0.4, -0.2) is 8.07 Å². The Balaban J connectivity index is 4.19. The zero-order valence-corrected chi connectivity index (χ0v) is 9.40. The van der Waals surface area contributed by atoms with Crippen molar-refractivity contribution in [2.45, 2.75) is 19.6 Å². The van der Waals surface area contributed by atoms with E-state index in [0.29, 0.717) is 0 Å². The fourth-order valence-corrected chi connectivity index (χ4v) is 1.23. The van der Waals surface area contributed by atoms with Gasteiger partial charge in [-0.2, -0.15) is 0 Å². The third kappa shape index (κ3) is 3.92. The fraction of sp³-hybridized carbons (Fsp3) is 0.429. The van der Waals surface area contributed by atoms with Gasteiger partial charge in [0.05, 0.1) is 8.07 Å². The molecule has 2 heteroatoms. The highest BCUT2D eigenvalue weighted by Gasteiger charge is 2.15. The van der Waals surface area contributed by atoms with Crippen LogP contribution in [0.25, 0.3) is 0 Å². The van der Waals surface area contributed by atoms with Gasteiger partial charge in [-0.3, -0.25) is 0 Å². The van der Waals surface area contributed by atoms with Crippen molar-refractivity contribution in [3.63, 3.8) is 0 Å². The van der Waals surface area contributed by atoms with E-state index in [1.54, 1.807) is 0 Å². The number of hydrogen-bond donors (Lipinski definition) is 0. The lowest BCUT2D eigenvalue weighted by atomic mass is 10.6. The molecule has 0 radical (unpaired) electrons. The second-order valence-electron chi connectivity index (χ2n) is 3.00. The van der Waals surface area contributed by atoms with Crippen LogP contribution in [0.15, 0.2) is 21.9 Å². The Morgan fingerprint density at radius 2 is 1.89 bits per heavy atom. The zero-order valence-electron chi connectivity index (χ0n) is 6.24.